The number of aryl methyl sites for hydroxylation is 1. The minimum Gasteiger partial charge on any atom is -0.459 e. The van der Waals surface area contributed by atoms with Crippen LogP contribution in [-0.2, 0) is 11.3 Å². The van der Waals surface area contributed by atoms with E-state index in [-0.39, 0.29) is 0 Å². The number of halogens is 1. The van der Waals surface area contributed by atoms with Gasteiger partial charge in [-0.15, -0.1) is 0 Å². The summed E-state index contributed by atoms with van der Waals surface area (Å²) in [6.45, 7) is 7.78. The van der Waals surface area contributed by atoms with Gasteiger partial charge in [0.25, 0.3) is 0 Å². The first-order valence-electron chi connectivity index (χ1n) is 6.40. The number of carbonyl (C=O) groups is 1. The van der Waals surface area contributed by atoms with Gasteiger partial charge in [-0.2, -0.15) is 0 Å². The van der Waals surface area contributed by atoms with Crippen LogP contribution in [0.5, 0.6) is 0 Å². The highest BCUT2D eigenvalue weighted by atomic mass is 79.9. The predicted molar refractivity (Wildman–Crippen MR) is 81.7 cm³/mol. The second kappa shape index (κ2) is 5.48. The summed E-state index contributed by atoms with van der Waals surface area (Å²) < 4.78 is 11.9. The Hall–Kier alpha value is -1.49. The highest BCUT2D eigenvalue weighted by Gasteiger charge is 2.16. The number of carbonyl (C=O) groups excluding carboxylic acids is 1. The topological polar surface area (TPSA) is 51.5 Å². The van der Waals surface area contributed by atoms with Crippen LogP contribution in [0.25, 0.3) is 11.0 Å². The normalized spacial score (nSPS) is 11.7. The molecule has 0 aliphatic heterocycles. The van der Waals surface area contributed by atoms with E-state index in [1.54, 1.807) is 0 Å². The van der Waals surface area contributed by atoms with Gasteiger partial charge in [0.2, 0.25) is 0 Å². The molecule has 0 atom stereocenters. The summed E-state index contributed by atoms with van der Waals surface area (Å²) >= 11 is 3.46. The van der Waals surface area contributed by atoms with Crippen molar-refractivity contribution in [1.82, 2.24) is 5.32 Å². The van der Waals surface area contributed by atoms with E-state index in [4.69, 9.17) is 9.15 Å². The van der Waals surface area contributed by atoms with Gasteiger partial charge in [-0.05, 0) is 51.5 Å². The van der Waals surface area contributed by atoms with Crippen LogP contribution in [0, 0.1) is 6.92 Å². The average Bonchev–Trinajstić information content (AvgIpc) is 2.67. The van der Waals surface area contributed by atoms with E-state index in [1.165, 1.54) is 0 Å². The van der Waals surface area contributed by atoms with E-state index in [0.29, 0.717) is 12.3 Å². The van der Waals surface area contributed by atoms with Crippen molar-refractivity contribution in [3.63, 3.8) is 0 Å². The first-order chi connectivity index (χ1) is 9.24. The maximum absolute atomic E-state index is 11.6. The molecule has 1 N–H and O–H groups in total. The number of furan rings is 1. The quantitative estimate of drug-likeness (QED) is 0.874. The molecular weight excluding hydrogens is 322 g/mol. The molecule has 0 fully saturated rings. The van der Waals surface area contributed by atoms with Gasteiger partial charge < -0.3 is 14.5 Å². The molecule has 0 spiro atoms. The van der Waals surface area contributed by atoms with E-state index in [0.717, 1.165) is 21.0 Å². The lowest BCUT2D eigenvalue weighted by molar-refractivity contribution is 0.0520. The molecule has 0 unspecified atom stereocenters. The lowest BCUT2D eigenvalue weighted by Crippen LogP contribution is -2.32. The Labute approximate surface area is 126 Å². The van der Waals surface area contributed by atoms with Crippen LogP contribution in [0.1, 0.15) is 32.1 Å². The Balaban J connectivity index is 2.08. The molecule has 2 rings (SSSR count). The number of benzene rings is 1. The molecule has 5 heteroatoms. The fourth-order valence-corrected chi connectivity index (χ4v) is 2.49. The van der Waals surface area contributed by atoms with Crippen molar-refractivity contribution in [2.24, 2.45) is 0 Å². The van der Waals surface area contributed by atoms with Crippen molar-refractivity contribution in [2.75, 3.05) is 0 Å². The number of hydrogen-bond acceptors (Lipinski definition) is 3. The molecule has 0 aliphatic rings. The Kier molecular flexibility index (Phi) is 4.09. The Morgan fingerprint density at radius 1 is 1.35 bits per heavy atom. The third-order valence-corrected chi connectivity index (χ3v) is 3.08. The third-order valence-electron chi connectivity index (χ3n) is 2.62. The first kappa shape index (κ1) is 14.9. The molecule has 108 valence electrons. The van der Waals surface area contributed by atoms with Gasteiger partial charge in [-0.1, -0.05) is 15.9 Å². The largest absolute Gasteiger partial charge is 0.459 e. The summed E-state index contributed by atoms with van der Waals surface area (Å²) in [5.74, 6) is 0.701. The van der Waals surface area contributed by atoms with Crippen molar-refractivity contribution >= 4 is 33.0 Å². The van der Waals surface area contributed by atoms with Gasteiger partial charge in [-0.3, -0.25) is 0 Å². The summed E-state index contributed by atoms with van der Waals surface area (Å²) in [5.41, 5.74) is 1.39. The number of ether oxygens (including phenoxy) is 1. The molecule has 4 nitrogen and oxygen atoms in total. The number of hydrogen-bond donors (Lipinski definition) is 1. The van der Waals surface area contributed by atoms with Gasteiger partial charge in [0.1, 0.15) is 16.9 Å². The minimum absolute atomic E-state index is 0.306. The number of amides is 1. The molecule has 1 amide bonds. The van der Waals surface area contributed by atoms with Crippen molar-refractivity contribution in [1.29, 1.82) is 0 Å². The van der Waals surface area contributed by atoms with Crippen LogP contribution < -0.4 is 5.32 Å². The van der Waals surface area contributed by atoms with Gasteiger partial charge in [0, 0.05) is 9.86 Å². The SMILES string of the molecule is Cc1cc(Br)cc2cc(CNC(=O)OC(C)(C)C)oc12. The summed E-state index contributed by atoms with van der Waals surface area (Å²) in [6, 6.07) is 5.91. The van der Waals surface area contributed by atoms with E-state index in [2.05, 4.69) is 21.2 Å². The molecule has 1 heterocycles. The zero-order valence-electron chi connectivity index (χ0n) is 12.0. The fourth-order valence-electron chi connectivity index (χ4n) is 1.90. The molecule has 0 saturated heterocycles. The van der Waals surface area contributed by atoms with E-state index >= 15 is 0 Å². The lowest BCUT2D eigenvalue weighted by atomic mass is 10.2. The lowest BCUT2D eigenvalue weighted by Gasteiger charge is -2.19. The van der Waals surface area contributed by atoms with E-state index in [9.17, 15) is 4.79 Å². The van der Waals surface area contributed by atoms with Gasteiger partial charge in [-0.25, -0.2) is 4.79 Å². The summed E-state index contributed by atoms with van der Waals surface area (Å²) in [6.07, 6.45) is -0.448. The Bertz CT molecular complexity index is 640. The van der Waals surface area contributed by atoms with Crippen LogP contribution >= 0.6 is 15.9 Å². The fraction of sp³-hybridized carbons (Fsp3) is 0.400. The van der Waals surface area contributed by atoms with Crippen molar-refractivity contribution in [3.8, 4) is 0 Å². The minimum atomic E-state index is -0.501. The van der Waals surface area contributed by atoms with Crippen molar-refractivity contribution < 1.29 is 13.9 Å². The highest BCUT2D eigenvalue weighted by Crippen LogP contribution is 2.26. The van der Waals surface area contributed by atoms with Crippen molar-refractivity contribution in [2.45, 2.75) is 39.8 Å². The van der Waals surface area contributed by atoms with Crippen LogP contribution in [0.2, 0.25) is 0 Å². The van der Waals surface area contributed by atoms with E-state index < -0.39 is 11.7 Å². The Morgan fingerprint density at radius 2 is 2.05 bits per heavy atom. The Morgan fingerprint density at radius 3 is 2.70 bits per heavy atom. The summed E-state index contributed by atoms with van der Waals surface area (Å²) in [7, 11) is 0. The zero-order chi connectivity index (χ0) is 14.9. The average molecular weight is 340 g/mol. The smallest absolute Gasteiger partial charge is 0.408 e. The van der Waals surface area contributed by atoms with Crippen LogP contribution in [0.15, 0.2) is 27.1 Å². The molecule has 2 aromatic rings. The number of fused-ring (bicyclic) bond motifs is 1. The molecule has 0 radical (unpaired) electrons. The zero-order valence-corrected chi connectivity index (χ0v) is 13.6. The van der Waals surface area contributed by atoms with Crippen LogP contribution in [-0.4, -0.2) is 11.7 Å². The third kappa shape index (κ3) is 3.76. The molecule has 0 saturated carbocycles. The predicted octanol–water partition coefficient (Wildman–Crippen LogP) is 4.53. The molecule has 0 bridgehead atoms. The van der Waals surface area contributed by atoms with Crippen LogP contribution in [0.4, 0.5) is 4.79 Å². The second-order valence-electron chi connectivity index (χ2n) is 5.71. The van der Waals surface area contributed by atoms with Gasteiger partial charge >= 0.3 is 6.09 Å². The van der Waals surface area contributed by atoms with E-state index in [1.807, 2.05) is 45.9 Å². The van der Waals surface area contributed by atoms with Crippen molar-refractivity contribution in [3.05, 3.63) is 34.0 Å². The molecule has 1 aromatic heterocycles. The molecule has 0 aliphatic carbocycles. The summed E-state index contributed by atoms with van der Waals surface area (Å²) in [5, 5.41) is 3.70. The summed E-state index contributed by atoms with van der Waals surface area (Å²) in [4.78, 5) is 11.6. The number of rotatable bonds is 2. The molecule has 20 heavy (non-hydrogen) atoms. The maximum Gasteiger partial charge on any atom is 0.408 e. The first-order valence-corrected chi connectivity index (χ1v) is 7.19. The van der Waals surface area contributed by atoms with Gasteiger partial charge in [0.15, 0.2) is 0 Å². The molecule has 1 aromatic carbocycles. The number of alkyl carbamates (subject to hydrolysis) is 1. The molecular formula is C15H18BrNO3. The monoisotopic (exact) mass is 339 g/mol. The standard InChI is InChI=1S/C15H18BrNO3/c1-9-5-11(16)6-10-7-12(19-13(9)10)8-17-14(18)20-15(2,3)4/h5-7H,8H2,1-4H3,(H,17,18). The number of nitrogens with one attached hydrogen (secondary N) is 1. The maximum atomic E-state index is 11.6. The second-order valence-corrected chi connectivity index (χ2v) is 6.62. The van der Waals surface area contributed by atoms with Crippen LogP contribution in [0.3, 0.4) is 0 Å². The highest BCUT2D eigenvalue weighted by molar-refractivity contribution is 9.10. The van der Waals surface area contributed by atoms with Gasteiger partial charge in [0.05, 0.1) is 6.54 Å².